The minimum atomic E-state index is -0.360. The Kier molecular flexibility index (Phi) is 4.52. The van der Waals surface area contributed by atoms with Gasteiger partial charge in [-0.3, -0.25) is 9.59 Å². The first-order chi connectivity index (χ1) is 15.1. The van der Waals surface area contributed by atoms with Crippen LogP contribution in [0.2, 0.25) is 0 Å². The molecule has 150 valence electrons. The summed E-state index contributed by atoms with van der Waals surface area (Å²) in [6.45, 7) is 1.99. The fourth-order valence-electron chi connectivity index (χ4n) is 3.48. The number of hydrogen-bond acceptors (Lipinski definition) is 4. The van der Waals surface area contributed by atoms with E-state index in [0.29, 0.717) is 16.9 Å². The Balaban J connectivity index is 1.80. The van der Waals surface area contributed by atoms with Gasteiger partial charge in [-0.1, -0.05) is 78.4 Å². The van der Waals surface area contributed by atoms with Gasteiger partial charge in [0.2, 0.25) is 17.4 Å². The van der Waals surface area contributed by atoms with Crippen LogP contribution >= 0.6 is 0 Å². The van der Waals surface area contributed by atoms with Gasteiger partial charge in [0.1, 0.15) is 0 Å². The SMILES string of the molecule is Cc1ccc(-n2nc(C(=O)c3ccccc3)n3c(=O)cc(-c4ccccc4)nc23)cc1. The zero-order chi connectivity index (χ0) is 21.4. The molecule has 0 aliphatic heterocycles. The van der Waals surface area contributed by atoms with Gasteiger partial charge in [-0.15, -0.1) is 5.10 Å². The normalized spacial score (nSPS) is 11.0. The molecule has 0 atom stereocenters. The van der Waals surface area contributed by atoms with E-state index < -0.39 is 0 Å². The second-order valence-corrected chi connectivity index (χ2v) is 7.25. The van der Waals surface area contributed by atoms with Crippen LogP contribution in [-0.2, 0) is 0 Å². The molecular formula is C25H18N4O2. The average Bonchev–Trinajstić information content (AvgIpc) is 3.20. The topological polar surface area (TPSA) is 69.3 Å². The van der Waals surface area contributed by atoms with Gasteiger partial charge in [0, 0.05) is 17.2 Å². The molecule has 0 unspecified atom stereocenters. The summed E-state index contributed by atoms with van der Waals surface area (Å²) in [5.41, 5.74) is 3.24. The first-order valence-corrected chi connectivity index (χ1v) is 9.87. The van der Waals surface area contributed by atoms with E-state index in [1.807, 2.05) is 67.6 Å². The van der Waals surface area contributed by atoms with Crippen molar-refractivity contribution in [3.63, 3.8) is 0 Å². The predicted molar refractivity (Wildman–Crippen MR) is 119 cm³/mol. The third kappa shape index (κ3) is 3.34. The molecule has 5 aromatic rings. The van der Waals surface area contributed by atoms with Gasteiger partial charge in [-0.25, -0.2) is 9.38 Å². The Morgan fingerprint density at radius 3 is 2.16 bits per heavy atom. The highest BCUT2D eigenvalue weighted by Crippen LogP contribution is 2.19. The molecule has 0 bridgehead atoms. The summed E-state index contributed by atoms with van der Waals surface area (Å²) >= 11 is 0. The van der Waals surface area contributed by atoms with E-state index in [1.54, 1.807) is 28.9 Å². The Morgan fingerprint density at radius 2 is 1.48 bits per heavy atom. The third-order valence-electron chi connectivity index (χ3n) is 5.08. The van der Waals surface area contributed by atoms with Crippen LogP contribution in [0.3, 0.4) is 0 Å². The smallest absolute Gasteiger partial charge is 0.261 e. The third-order valence-corrected chi connectivity index (χ3v) is 5.08. The van der Waals surface area contributed by atoms with Gasteiger partial charge in [-0.2, -0.15) is 4.68 Å². The first kappa shape index (κ1) is 18.7. The number of carbonyl (C=O) groups is 1. The number of fused-ring (bicyclic) bond motifs is 1. The number of hydrogen-bond donors (Lipinski definition) is 0. The molecule has 31 heavy (non-hydrogen) atoms. The summed E-state index contributed by atoms with van der Waals surface area (Å²) in [5.74, 6) is -0.0267. The Hall–Kier alpha value is -4.32. The van der Waals surface area contributed by atoms with Crippen molar-refractivity contribution in [1.29, 1.82) is 0 Å². The van der Waals surface area contributed by atoms with E-state index in [4.69, 9.17) is 4.98 Å². The first-order valence-electron chi connectivity index (χ1n) is 9.87. The summed E-state index contributed by atoms with van der Waals surface area (Å²) in [7, 11) is 0. The van der Waals surface area contributed by atoms with Crippen molar-refractivity contribution >= 4 is 11.6 Å². The molecule has 6 heteroatoms. The van der Waals surface area contributed by atoms with Crippen LogP contribution in [0, 0.1) is 6.92 Å². The van der Waals surface area contributed by atoms with Crippen LogP contribution in [0.25, 0.3) is 22.7 Å². The molecule has 0 saturated carbocycles. The van der Waals surface area contributed by atoms with Crippen LogP contribution in [0.4, 0.5) is 0 Å². The number of benzene rings is 3. The molecule has 0 N–H and O–H groups in total. The Labute approximate surface area is 178 Å². The van der Waals surface area contributed by atoms with Gasteiger partial charge < -0.3 is 0 Å². The lowest BCUT2D eigenvalue weighted by atomic mass is 10.1. The van der Waals surface area contributed by atoms with Gasteiger partial charge in [0.05, 0.1) is 11.4 Å². The van der Waals surface area contributed by atoms with Crippen molar-refractivity contribution in [2.24, 2.45) is 0 Å². The maximum Gasteiger partial charge on any atom is 0.261 e. The molecule has 2 aromatic heterocycles. The molecule has 6 nitrogen and oxygen atoms in total. The average molecular weight is 406 g/mol. The summed E-state index contributed by atoms with van der Waals surface area (Å²) in [5, 5.41) is 4.53. The summed E-state index contributed by atoms with van der Waals surface area (Å²) in [4.78, 5) is 31.1. The monoisotopic (exact) mass is 406 g/mol. The van der Waals surface area contributed by atoms with Gasteiger partial charge >= 0.3 is 0 Å². The zero-order valence-corrected chi connectivity index (χ0v) is 16.8. The molecule has 0 saturated heterocycles. The fourth-order valence-corrected chi connectivity index (χ4v) is 3.48. The maximum absolute atomic E-state index is 13.2. The molecule has 0 spiro atoms. The van der Waals surface area contributed by atoms with E-state index >= 15 is 0 Å². The highest BCUT2D eigenvalue weighted by molar-refractivity contribution is 6.07. The molecular weight excluding hydrogens is 388 g/mol. The second-order valence-electron chi connectivity index (χ2n) is 7.25. The van der Waals surface area contributed by atoms with Crippen LogP contribution < -0.4 is 5.56 Å². The van der Waals surface area contributed by atoms with E-state index in [2.05, 4.69) is 5.10 Å². The van der Waals surface area contributed by atoms with Crippen molar-refractivity contribution in [3.05, 3.63) is 118 Å². The molecule has 0 radical (unpaired) electrons. The highest BCUT2D eigenvalue weighted by Gasteiger charge is 2.22. The molecule has 2 heterocycles. The summed E-state index contributed by atoms with van der Waals surface area (Å²) < 4.78 is 2.82. The van der Waals surface area contributed by atoms with Crippen molar-refractivity contribution in [1.82, 2.24) is 19.2 Å². The summed E-state index contributed by atoms with van der Waals surface area (Å²) in [6.07, 6.45) is 0. The number of rotatable bonds is 4. The largest absolute Gasteiger partial charge is 0.285 e. The number of nitrogens with zero attached hydrogens (tertiary/aromatic N) is 4. The van der Waals surface area contributed by atoms with Crippen molar-refractivity contribution < 1.29 is 4.79 Å². The van der Waals surface area contributed by atoms with Crippen LogP contribution in [0.1, 0.15) is 21.7 Å². The molecule has 3 aromatic carbocycles. The standard InChI is InChI=1S/C25H18N4O2/c1-17-12-14-20(15-13-17)29-25-26-21(18-8-4-2-5-9-18)16-22(30)28(25)24(27-29)23(31)19-10-6-3-7-11-19/h2-16H,1H3. The summed E-state index contributed by atoms with van der Waals surface area (Å²) in [6, 6.07) is 27.4. The molecule has 0 amide bonds. The van der Waals surface area contributed by atoms with Gasteiger partial charge in [-0.05, 0) is 19.1 Å². The van der Waals surface area contributed by atoms with Gasteiger partial charge in [0.25, 0.3) is 5.56 Å². The van der Waals surface area contributed by atoms with Crippen LogP contribution in [-0.4, -0.2) is 24.9 Å². The van der Waals surface area contributed by atoms with E-state index in [9.17, 15) is 9.59 Å². The predicted octanol–water partition coefficient (Wildman–Crippen LogP) is 4.09. The van der Waals surface area contributed by atoms with Crippen molar-refractivity contribution in [3.8, 4) is 16.9 Å². The second kappa shape index (κ2) is 7.50. The van der Waals surface area contributed by atoms with Crippen LogP contribution in [0.5, 0.6) is 0 Å². The highest BCUT2D eigenvalue weighted by atomic mass is 16.1. The number of carbonyl (C=O) groups excluding carboxylic acids is 1. The maximum atomic E-state index is 13.2. The number of aryl methyl sites for hydroxylation is 1. The van der Waals surface area contributed by atoms with E-state index in [-0.39, 0.29) is 22.9 Å². The number of ketones is 1. The molecule has 0 aliphatic rings. The van der Waals surface area contributed by atoms with Crippen molar-refractivity contribution in [2.45, 2.75) is 6.92 Å². The van der Waals surface area contributed by atoms with Crippen molar-refractivity contribution in [2.75, 3.05) is 0 Å². The lowest BCUT2D eigenvalue weighted by Gasteiger charge is -2.05. The number of aromatic nitrogens is 4. The molecule has 0 aliphatic carbocycles. The van der Waals surface area contributed by atoms with E-state index in [1.165, 1.54) is 10.5 Å². The van der Waals surface area contributed by atoms with Gasteiger partial charge in [0.15, 0.2) is 0 Å². The zero-order valence-electron chi connectivity index (χ0n) is 16.8. The minimum Gasteiger partial charge on any atom is -0.285 e. The quantitative estimate of drug-likeness (QED) is 0.422. The lowest BCUT2D eigenvalue weighted by molar-refractivity contribution is 0.102. The lowest BCUT2D eigenvalue weighted by Crippen LogP contribution is -2.19. The van der Waals surface area contributed by atoms with Crippen LogP contribution in [0.15, 0.2) is 95.8 Å². The fraction of sp³-hybridized carbons (Fsp3) is 0.0400. The minimum absolute atomic E-state index is 0.0267. The Morgan fingerprint density at radius 1 is 0.839 bits per heavy atom. The van der Waals surface area contributed by atoms with E-state index in [0.717, 1.165) is 11.1 Å². The molecule has 5 rings (SSSR count). The molecule has 0 fully saturated rings. The Bertz CT molecular complexity index is 1450.